The fourth-order valence-corrected chi connectivity index (χ4v) is 1.29. The summed E-state index contributed by atoms with van der Waals surface area (Å²) in [6.07, 6.45) is -1.77. The largest absolute Gasteiger partial charge is 0.503 e. The Morgan fingerprint density at radius 2 is 2.29 bits per heavy atom. The molecule has 0 aromatic carbocycles. The van der Waals surface area contributed by atoms with Crippen molar-refractivity contribution < 1.29 is 18.6 Å². The van der Waals surface area contributed by atoms with Crippen molar-refractivity contribution in [1.29, 1.82) is 0 Å². The number of nitrogens with zero attached hydrogens (tertiary/aromatic N) is 1. The van der Waals surface area contributed by atoms with E-state index in [1.165, 1.54) is 7.11 Å². The predicted molar refractivity (Wildman–Crippen MR) is 47.0 cm³/mol. The summed E-state index contributed by atoms with van der Waals surface area (Å²) in [4.78, 5) is 3.52. The Kier molecular flexibility index (Phi) is 3.46. The zero-order chi connectivity index (χ0) is 10.7. The second-order valence-corrected chi connectivity index (χ2v) is 2.75. The van der Waals surface area contributed by atoms with Gasteiger partial charge in [0.1, 0.15) is 0 Å². The average Bonchev–Trinajstić information content (AvgIpc) is 2.17. The molecule has 0 saturated carbocycles. The second-order valence-electron chi connectivity index (χ2n) is 2.48. The van der Waals surface area contributed by atoms with Crippen LogP contribution >= 0.6 is 11.6 Å². The van der Waals surface area contributed by atoms with Crippen LogP contribution in [-0.2, 0) is 5.88 Å². The van der Waals surface area contributed by atoms with E-state index in [9.17, 15) is 13.9 Å². The number of hydrogen-bond acceptors (Lipinski definition) is 3. The van der Waals surface area contributed by atoms with Gasteiger partial charge in [0.15, 0.2) is 5.75 Å². The van der Waals surface area contributed by atoms with E-state index in [0.717, 1.165) is 6.20 Å². The van der Waals surface area contributed by atoms with Crippen molar-refractivity contribution in [2.75, 3.05) is 7.11 Å². The number of aromatic hydroxyl groups is 1. The van der Waals surface area contributed by atoms with E-state index < -0.39 is 12.2 Å². The summed E-state index contributed by atoms with van der Waals surface area (Å²) in [5.74, 6) is -0.755. The highest BCUT2D eigenvalue weighted by Gasteiger charge is 2.19. The Hall–Kier alpha value is -1.10. The summed E-state index contributed by atoms with van der Waals surface area (Å²) in [7, 11) is 1.28. The molecule has 0 fully saturated rings. The molecule has 0 saturated heterocycles. The molecule has 78 valence electrons. The third kappa shape index (κ3) is 1.87. The molecule has 0 unspecified atom stereocenters. The maximum absolute atomic E-state index is 12.4. The van der Waals surface area contributed by atoms with Crippen molar-refractivity contribution in [3.05, 3.63) is 17.3 Å². The van der Waals surface area contributed by atoms with Gasteiger partial charge >= 0.3 is 0 Å². The van der Waals surface area contributed by atoms with Crippen LogP contribution in [0.25, 0.3) is 0 Å². The van der Waals surface area contributed by atoms with Crippen LogP contribution in [0, 0.1) is 0 Å². The van der Waals surface area contributed by atoms with Crippen LogP contribution in [0.15, 0.2) is 6.20 Å². The minimum absolute atomic E-state index is 0.0477. The lowest BCUT2D eigenvalue weighted by molar-refractivity contribution is 0.149. The Morgan fingerprint density at radius 3 is 2.71 bits per heavy atom. The van der Waals surface area contributed by atoms with Crippen molar-refractivity contribution in [1.82, 2.24) is 4.98 Å². The molecule has 1 heterocycles. The molecule has 0 amide bonds. The molecule has 6 heteroatoms. The lowest BCUT2D eigenvalue weighted by atomic mass is 10.1. The molecule has 3 nitrogen and oxygen atoms in total. The van der Waals surface area contributed by atoms with Gasteiger partial charge in [-0.3, -0.25) is 0 Å². The molecule has 0 radical (unpaired) electrons. The van der Waals surface area contributed by atoms with Crippen LogP contribution < -0.4 is 4.74 Å². The van der Waals surface area contributed by atoms with Gasteiger partial charge in [-0.2, -0.15) is 0 Å². The molecule has 1 aromatic rings. The number of pyridine rings is 1. The number of halogens is 3. The average molecular weight is 224 g/mol. The molecule has 0 atom stereocenters. The molecule has 0 aliphatic heterocycles. The number of rotatable bonds is 3. The van der Waals surface area contributed by atoms with E-state index >= 15 is 0 Å². The predicted octanol–water partition coefficient (Wildman–Crippen LogP) is 2.47. The summed E-state index contributed by atoms with van der Waals surface area (Å²) in [5.41, 5.74) is -0.424. The molecule has 14 heavy (non-hydrogen) atoms. The highest BCUT2D eigenvalue weighted by atomic mass is 35.5. The van der Waals surface area contributed by atoms with Crippen LogP contribution in [-0.4, -0.2) is 17.2 Å². The zero-order valence-electron chi connectivity index (χ0n) is 7.30. The van der Waals surface area contributed by atoms with Crippen LogP contribution in [0.3, 0.4) is 0 Å². The van der Waals surface area contributed by atoms with E-state index in [1.54, 1.807) is 0 Å². The van der Waals surface area contributed by atoms with Crippen molar-refractivity contribution in [3.63, 3.8) is 0 Å². The first-order valence-corrected chi connectivity index (χ1v) is 4.24. The first-order chi connectivity index (χ1) is 6.61. The molecule has 1 N–H and O–H groups in total. The molecule has 0 aliphatic carbocycles. The summed E-state index contributed by atoms with van der Waals surface area (Å²) < 4.78 is 29.4. The molecule has 0 bridgehead atoms. The van der Waals surface area contributed by atoms with Gasteiger partial charge < -0.3 is 9.84 Å². The zero-order valence-corrected chi connectivity index (χ0v) is 8.05. The highest BCUT2D eigenvalue weighted by Crippen LogP contribution is 2.35. The molecule has 1 aromatic heterocycles. The summed E-state index contributed by atoms with van der Waals surface area (Å²) >= 11 is 5.43. The molecular weight excluding hydrogens is 216 g/mol. The molecule has 0 aliphatic rings. The van der Waals surface area contributed by atoms with Gasteiger partial charge in [-0.05, 0) is 0 Å². The van der Waals surface area contributed by atoms with Crippen LogP contribution in [0.1, 0.15) is 17.6 Å². The Morgan fingerprint density at radius 1 is 1.64 bits per heavy atom. The fraction of sp³-hybridized carbons (Fsp3) is 0.375. The van der Waals surface area contributed by atoms with E-state index in [0.29, 0.717) is 0 Å². The maximum Gasteiger partial charge on any atom is 0.265 e. The third-order valence-corrected chi connectivity index (χ3v) is 1.99. The standard InChI is InChI=1S/C8H8ClF2NO2/c1-14-8-6(13)4(2-9)5(3-12-8)7(10)11/h3,7,13H,2H2,1H3. The monoisotopic (exact) mass is 223 g/mol. The van der Waals surface area contributed by atoms with E-state index in [4.69, 9.17) is 11.6 Å². The van der Waals surface area contributed by atoms with Crippen LogP contribution in [0.2, 0.25) is 0 Å². The number of ether oxygens (including phenoxy) is 1. The first kappa shape index (κ1) is 11.0. The summed E-state index contributed by atoms with van der Waals surface area (Å²) in [5, 5.41) is 9.41. The van der Waals surface area contributed by atoms with Crippen molar-refractivity contribution in [2.24, 2.45) is 0 Å². The van der Waals surface area contributed by atoms with E-state index in [1.807, 2.05) is 0 Å². The maximum atomic E-state index is 12.4. The number of hydrogen-bond donors (Lipinski definition) is 1. The van der Waals surface area contributed by atoms with Crippen molar-refractivity contribution >= 4 is 11.6 Å². The van der Waals surface area contributed by atoms with Gasteiger partial charge in [-0.15, -0.1) is 11.6 Å². The van der Waals surface area contributed by atoms with Crippen molar-refractivity contribution in [2.45, 2.75) is 12.3 Å². The topological polar surface area (TPSA) is 42.4 Å². The van der Waals surface area contributed by atoms with Crippen LogP contribution in [0.5, 0.6) is 11.6 Å². The molecular formula is C8H8ClF2NO2. The molecule has 1 rings (SSSR count). The Balaban J connectivity index is 3.28. The van der Waals surface area contributed by atoms with Gasteiger partial charge in [-0.25, -0.2) is 13.8 Å². The smallest absolute Gasteiger partial charge is 0.265 e. The second kappa shape index (κ2) is 4.41. The minimum atomic E-state index is -2.71. The minimum Gasteiger partial charge on any atom is -0.503 e. The van der Waals surface area contributed by atoms with E-state index in [-0.39, 0.29) is 22.9 Å². The lowest BCUT2D eigenvalue weighted by Crippen LogP contribution is -1.98. The van der Waals surface area contributed by atoms with Gasteiger partial charge in [0, 0.05) is 17.3 Å². The fourth-order valence-electron chi connectivity index (χ4n) is 1.01. The Bertz CT molecular complexity index is 333. The number of aromatic nitrogens is 1. The normalized spacial score (nSPS) is 10.6. The van der Waals surface area contributed by atoms with Gasteiger partial charge in [0.05, 0.1) is 13.0 Å². The van der Waals surface area contributed by atoms with Crippen molar-refractivity contribution in [3.8, 4) is 11.6 Å². The van der Waals surface area contributed by atoms with Gasteiger partial charge in [-0.1, -0.05) is 0 Å². The van der Waals surface area contributed by atoms with Gasteiger partial charge in [0.2, 0.25) is 0 Å². The van der Waals surface area contributed by atoms with Gasteiger partial charge in [0.25, 0.3) is 12.3 Å². The number of methoxy groups -OCH3 is 1. The van der Waals surface area contributed by atoms with E-state index in [2.05, 4.69) is 9.72 Å². The lowest BCUT2D eigenvalue weighted by Gasteiger charge is -2.10. The number of alkyl halides is 3. The third-order valence-electron chi connectivity index (χ3n) is 1.72. The quantitative estimate of drug-likeness (QED) is 0.801. The Labute approximate surface area is 84.3 Å². The highest BCUT2D eigenvalue weighted by molar-refractivity contribution is 6.17. The SMILES string of the molecule is COc1ncc(C(F)F)c(CCl)c1O. The summed E-state index contributed by atoms with van der Waals surface area (Å²) in [6.45, 7) is 0. The first-order valence-electron chi connectivity index (χ1n) is 3.70. The molecule has 0 spiro atoms. The van der Waals surface area contributed by atoms with Crippen LogP contribution in [0.4, 0.5) is 8.78 Å². The summed E-state index contributed by atoms with van der Waals surface area (Å²) in [6, 6.07) is 0.